The number of hydrogen-bond acceptors (Lipinski definition) is 2. The number of nitrogens with zero attached hydrogens (tertiary/aromatic N) is 1. The molecule has 1 saturated heterocycles. The first-order valence-electron chi connectivity index (χ1n) is 6.88. The van der Waals surface area contributed by atoms with E-state index in [0.717, 1.165) is 30.4 Å². The largest absolute Gasteiger partial charge is 0.341 e. The maximum atomic E-state index is 12.2. The van der Waals surface area contributed by atoms with E-state index in [1.54, 1.807) is 0 Å². The highest BCUT2D eigenvalue weighted by Crippen LogP contribution is 2.17. The van der Waals surface area contributed by atoms with Gasteiger partial charge in [-0.15, -0.1) is 0 Å². The van der Waals surface area contributed by atoms with E-state index in [-0.39, 0.29) is 18.0 Å². The smallest absolute Gasteiger partial charge is 0.239 e. The molecule has 104 valence electrons. The maximum absolute atomic E-state index is 12.2. The van der Waals surface area contributed by atoms with E-state index in [0.29, 0.717) is 0 Å². The van der Waals surface area contributed by atoms with Crippen molar-refractivity contribution < 1.29 is 4.79 Å². The van der Waals surface area contributed by atoms with Crippen molar-refractivity contribution in [1.29, 1.82) is 0 Å². The van der Waals surface area contributed by atoms with Crippen LogP contribution in [0.15, 0.2) is 28.7 Å². The SMILES string of the molecule is CC(NC(C)c1ccc(Br)cc1)C(=O)N1CCCC1. The summed E-state index contributed by atoms with van der Waals surface area (Å²) in [5, 5.41) is 3.39. The van der Waals surface area contributed by atoms with Crippen molar-refractivity contribution >= 4 is 21.8 Å². The highest BCUT2D eigenvalue weighted by molar-refractivity contribution is 9.10. The van der Waals surface area contributed by atoms with E-state index in [2.05, 4.69) is 40.3 Å². The zero-order chi connectivity index (χ0) is 13.8. The lowest BCUT2D eigenvalue weighted by Crippen LogP contribution is -2.44. The molecule has 1 heterocycles. The van der Waals surface area contributed by atoms with Crippen molar-refractivity contribution in [2.45, 2.75) is 38.8 Å². The fourth-order valence-electron chi connectivity index (χ4n) is 2.51. The van der Waals surface area contributed by atoms with Crippen LogP contribution < -0.4 is 5.32 Å². The first-order valence-corrected chi connectivity index (χ1v) is 7.67. The van der Waals surface area contributed by atoms with Crippen LogP contribution in [0.4, 0.5) is 0 Å². The van der Waals surface area contributed by atoms with E-state index in [1.807, 2.05) is 24.0 Å². The van der Waals surface area contributed by atoms with Crippen LogP contribution in [0.25, 0.3) is 0 Å². The number of carbonyl (C=O) groups excluding carboxylic acids is 1. The van der Waals surface area contributed by atoms with Crippen LogP contribution in [-0.2, 0) is 4.79 Å². The van der Waals surface area contributed by atoms with Crippen molar-refractivity contribution in [2.75, 3.05) is 13.1 Å². The number of amides is 1. The molecule has 2 rings (SSSR count). The van der Waals surface area contributed by atoms with Gasteiger partial charge >= 0.3 is 0 Å². The standard InChI is InChI=1S/C15H21BrN2O/c1-11(13-5-7-14(16)8-6-13)17-12(2)15(19)18-9-3-4-10-18/h5-8,11-12,17H,3-4,9-10H2,1-2H3. The minimum absolute atomic E-state index is 0.128. The van der Waals surface area contributed by atoms with Gasteiger partial charge < -0.3 is 4.90 Å². The van der Waals surface area contributed by atoms with Gasteiger partial charge in [-0.25, -0.2) is 0 Å². The van der Waals surface area contributed by atoms with Crippen molar-refractivity contribution in [2.24, 2.45) is 0 Å². The van der Waals surface area contributed by atoms with E-state index in [1.165, 1.54) is 5.56 Å². The van der Waals surface area contributed by atoms with Crippen molar-refractivity contribution in [3.8, 4) is 0 Å². The topological polar surface area (TPSA) is 32.3 Å². The predicted molar refractivity (Wildman–Crippen MR) is 81.0 cm³/mol. The molecule has 1 fully saturated rings. The second-order valence-corrected chi connectivity index (χ2v) is 6.11. The molecule has 1 N–H and O–H groups in total. The number of nitrogens with one attached hydrogen (secondary N) is 1. The van der Waals surface area contributed by atoms with Gasteiger partial charge in [-0.1, -0.05) is 28.1 Å². The Balaban J connectivity index is 1.92. The van der Waals surface area contributed by atoms with Crippen LogP contribution >= 0.6 is 15.9 Å². The fraction of sp³-hybridized carbons (Fsp3) is 0.533. The molecular weight excluding hydrogens is 304 g/mol. The van der Waals surface area contributed by atoms with Gasteiger partial charge in [0, 0.05) is 23.6 Å². The molecule has 0 radical (unpaired) electrons. The first kappa shape index (κ1) is 14.5. The Morgan fingerprint density at radius 2 is 1.79 bits per heavy atom. The molecular formula is C15H21BrN2O. The fourth-order valence-corrected chi connectivity index (χ4v) is 2.77. The van der Waals surface area contributed by atoms with Crippen molar-refractivity contribution in [3.05, 3.63) is 34.3 Å². The lowest BCUT2D eigenvalue weighted by Gasteiger charge is -2.24. The number of benzene rings is 1. The summed E-state index contributed by atoms with van der Waals surface area (Å²) in [5.41, 5.74) is 1.20. The maximum Gasteiger partial charge on any atom is 0.239 e. The van der Waals surface area contributed by atoms with E-state index < -0.39 is 0 Å². The molecule has 4 heteroatoms. The van der Waals surface area contributed by atoms with Gasteiger partial charge in [0.25, 0.3) is 0 Å². The van der Waals surface area contributed by atoms with Crippen LogP contribution in [-0.4, -0.2) is 29.9 Å². The Kier molecular flexibility index (Phi) is 4.99. The number of hydrogen-bond donors (Lipinski definition) is 1. The second kappa shape index (κ2) is 6.53. The van der Waals surface area contributed by atoms with Crippen molar-refractivity contribution in [1.82, 2.24) is 10.2 Å². The van der Waals surface area contributed by atoms with Gasteiger partial charge in [0.2, 0.25) is 5.91 Å². The zero-order valence-electron chi connectivity index (χ0n) is 11.5. The molecule has 0 spiro atoms. The number of likely N-dealkylation sites (tertiary alicyclic amines) is 1. The number of carbonyl (C=O) groups is 1. The van der Waals surface area contributed by atoms with Crippen LogP contribution in [0.2, 0.25) is 0 Å². The van der Waals surface area contributed by atoms with Crippen molar-refractivity contribution in [3.63, 3.8) is 0 Å². The second-order valence-electron chi connectivity index (χ2n) is 5.19. The Bertz CT molecular complexity index is 426. The summed E-state index contributed by atoms with van der Waals surface area (Å²) >= 11 is 3.43. The number of rotatable bonds is 4. The zero-order valence-corrected chi connectivity index (χ0v) is 13.1. The van der Waals surface area contributed by atoms with E-state index in [9.17, 15) is 4.79 Å². The molecule has 19 heavy (non-hydrogen) atoms. The van der Waals surface area contributed by atoms with Gasteiger partial charge in [0.05, 0.1) is 6.04 Å². The lowest BCUT2D eigenvalue weighted by atomic mass is 10.1. The van der Waals surface area contributed by atoms with Gasteiger partial charge in [-0.3, -0.25) is 10.1 Å². The predicted octanol–water partition coefficient (Wildman–Crippen LogP) is 3.11. The monoisotopic (exact) mass is 324 g/mol. The van der Waals surface area contributed by atoms with E-state index >= 15 is 0 Å². The highest BCUT2D eigenvalue weighted by atomic mass is 79.9. The van der Waals surface area contributed by atoms with Crippen LogP contribution in [0.5, 0.6) is 0 Å². The summed E-state index contributed by atoms with van der Waals surface area (Å²) < 4.78 is 1.07. The summed E-state index contributed by atoms with van der Waals surface area (Å²) in [6.45, 7) is 5.88. The Morgan fingerprint density at radius 1 is 1.21 bits per heavy atom. The molecule has 0 aromatic heterocycles. The molecule has 1 aromatic rings. The molecule has 0 aliphatic carbocycles. The normalized spacial score (nSPS) is 18.4. The highest BCUT2D eigenvalue weighted by Gasteiger charge is 2.24. The quantitative estimate of drug-likeness (QED) is 0.922. The summed E-state index contributed by atoms with van der Waals surface area (Å²) in [4.78, 5) is 14.2. The molecule has 2 unspecified atom stereocenters. The van der Waals surface area contributed by atoms with Crippen LogP contribution in [0.3, 0.4) is 0 Å². The minimum atomic E-state index is -0.128. The lowest BCUT2D eigenvalue weighted by molar-refractivity contribution is -0.132. The molecule has 2 atom stereocenters. The molecule has 1 aromatic carbocycles. The average Bonchev–Trinajstić information content (AvgIpc) is 2.92. The van der Waals surface area contributed by atoms with Crippen LogP contribution in [0.1, 0.15) is 38.3 Å². The van der Waals surface area contributed by atoms with Gasteiger partial charge in [0.15, 0.2) is 0 Å². The van der Waals surface area contributed by atoms with Gasteiger partial charge in [-0.05, 0) is 44.4 Å². The third-order valence-corrected chi connectivity index (χ3v) is 4.19. The minimum Gasteiger partial charge on any atom is -0.341 e. The van der Waals surface area contributed by atoms with Gasteiger partial charge in [0.1, 0.15) is 0 Å². The molecule has 1 amide bonds. The molecule has 3 nitrogen and oxygen atoms in total. The Morgan fingerprint density at radius 3 is 2.37 bits per heavy atom. The summed E-state index contributed by atoms with van der Waals surface area (Å²) in [5.74, 6) is 0.224. The van der Waals surface area contributed by atoms with Gasteiger partial charge in [-0.2, -0.15) is 0 Å². The number of halogens is 1. The summed E-state index contributed by atoms with van der Waals surface area (Å²) in [6, 6.07) is 8.26. The summed E-state index contributed by atoms with van der Waals surface area (Å²) in [7, 11) is 0. The molecule has 1 aliphatic heterocycles. The van der Waals surface area contributed by atoms with E-state index in [4.69, 9.17) is 0 Å². The first-order chi connectivity index (χ1) is 9.08. The third kappa shape index (κ3) is 3.80. The molecule has 0 bridgehead atoms. The summed E-state index contributed by atoms with van der Waals surface area (Å²) in [6.07, 6.45) is 2.28. The Hall–Kier alpha value is -0.870. The Labute approximate surface area is 123 Å². The average molecular weight is 325 g/mol. The van der Waals surface area contributed by atoms with Crippen LogP contribution in [0, 0.1) is 0 Å². The molecule has 1 aliphatic rings. The molecule has 0 saturated carbocycles. The third-order valence-electron chi connectivity index (χ3n) is 3.66.